The summed E-state index contributed by atoms with van der Waals surface area (Å²) in [6.45, 7) is 0.699. The fourth-order valence-corrected chi connectivity index (χ4v) is 2.15. The van der Waals surface area contributed by atoms with Gasteiger partial charge in [-0.05, 0) is 30.7 Å². The van der Waals surface area contributed by atoms with Gasteiger partial charge in [-0.25, -0.2) is 4.39 Å². The monoisotopic (exact) mass is 309 g/mol. The Bertz CT molecular complexity index is 619. The minimum Gasteiger partial charge on any atom is -0.497 e. The number of methoxy groups -OCH3 is 1. The van der Waals surface area contributed by atoms with E-state index in [9.17, 15) is 4.39 Å². The molecule has 2 aromatic rings. The van der Waals surface area contributed by atoms with Crippen LogP contribution in [-0.2, 0) is 13.0 Å². The maximum atomic E-state index is 13.4. The standard InChI is InChI=1S/C16H17ClFNO2/c1-20-13-6-5-11(7-8-19)15(9-13)21-10-12-3-2-4-14(18)16(12)17/h2-6,9H,7-8,10,19H2,1H3. The molecule has 0 heterocycles. The summed E-state index contributed by atoms with van der Waals surface area (Å²) in [6.07, 6.45) is 0.691. The lowest BCUT2D eigenvalue weighted by Gasteiger charge is -2.13. The number of hydrogen-bond donors (Lipinski definition) is 1. The summed E-state index contributed by atoms with van der Waals surface area (Å²) in [5.74, 6) is 0.904. The summed E-state index contributed by atoms with van der Waals surface area (Å²) in [7, 11) is 1.59. The fourth-order valence-electron chi connectivity index (χ4n) is 1.97. The van der Waals surface area contributed by atoms with Gasteiger partial charge in [-0.1, -0.05) is 29.8 Å². The Labute approximate surface area is 128 Å². The van der Waals surface area contributed by atoms with Gasteiger partial charge in [0.15, 0.2) is 0 Å². The van der Waals surface area contributed by atoms with Crippen molar-refractivity contribution in [3.8, 4) is 11.5 Å². The molecule has 21 heavy (non-hydrogen) atoms. The molecule has 0 aliphatic rings. The SMILES string of the molecule is COc1ccc(CCN)c(OCc2cccc(F)c2Cl)c1. The van der Waals surface area contributed by atoms with Gasteiger partial charge in [0.25, 0.3) is 0 Å². The van der Waals surface area contributed by atoms with Crippen molar-refractivity contribution in [2.24, 2.45) is 5.73 Å². The van der Waals surface area contributed by atoms with E-state index in [-0.39, 0.29) is 11.6 Å². The van der Waals surface area contributed by atoms with E-state index in [1.54, 1.807) is 25.3 Å². The first-order valence-electron chi connectivity index (χ1n) is 6.58. The molecule has 0 aliphatic heterocycles. The quantitative estimate of drug-likeness (QED) is 0.887. The maximum absolute atomic E-state index is 13.4. The van der Waals surface area contributed by atoms with Crippen molar-refractivity contribution in [2.45, 2.75) is 13.0 Å². The van der Waals surface area contributed by atoms with E-state index in [0.717, 1.165) is 5.56 Å². The Morgan fingerprint density at radius 1 is 1.19 bits per heavy atom. The van der Waals surface area contributed by atoms with Crippen LogP contribution < -0.4 is 15.2 Å². The molecule has 0 saturated heterocycles. The molecule has 0 atom stereocenters. The van der Waals surface area contributed by atoms with Gasteiger partial charge in [0, 0.05) is 11.6 Å². The van der Waals surface area contributed by atoms with Crippen LogP contribution in [0.1, 0.15) is 11.1 Å². The first-order chi connectivity index (χ1) is 10.2. The molecule has 0 amide bonds. The van der Waals surface area contributed by atoms with Crippen molar-refractivity contribution in [3.63, 3.8) is 0 Å². The van der Waals surface area contributed by atoms with Crippen LogP contribution in [0.4, 0.5) is 4.39 Å². The van der Waals surface area contributed by atoms with E-state index >= 15 is 0 Å². The molecule has 0 radical (unpaired) electrons. The largest absolute Gasteiger partial charge is 0.497 e. The Morgan fingerprint density at radius 3 is 2.71 bits per heavy atom. The summed E-state index contributed by atoms with van der Waals surface area (Å²) in [5, 5.41) is 0.0840. The molecular weight excluding hydrogens is 293 g/mol. The predicted octanol–water partition coefficient (Wildman–Crippen LogP) is 3.57. The molecule has 0 saturated carbocycles. The lowest BCUT2D eigenvalue weighted by Crippen LogP contribution is -2.06. The maximum Gasteiger partial charge on any atom is 0.142 e. The smallest absolute Gasteiger partial charge is 0.142 e. The molecule has 0 spiro atoms. The molecule has 0 fully saturated rings. The van der Waals surface area contributed by atoms with Crippen LogP contribution in [-0.4, -0.2) is 13.7 Å². The third-order valence-corrected chi connectivity index (χ3v) is 3.53. The number of hydrogen-bond acceptors (Lipinski definition) is 3. The Kier molecular flexibility index (Phi) is 5.42. The third kappa shape index (κ3) is 3.86. The average molecular weight is 310 g/mol. The van der Waals surface area contributed by atoms with Gasteiger partial charge in [0.1, 0.15) is 23.9 Å². The molecule has 5 heteroatoms. The second kappa shape index (κ2) is 7.29. The number of halogens is 2. The lowest BCUT2D eigenvalue weighted by molar-refractivity contribution is 0.300. The van der Waals surface area contributed by atoms with Crippen molar-refractivity contribution in [1.29, 1.82) is 0 Å². The Hall–Kier alpha value is -1.78. The number of benzene rings is 2. The zero-order chi connectivity index (χ0) is 15.2. The van der Waals surface area contributed by atoms with Crippen LogP contribution >= 0.6 is 11.6 Å². The van der Waals surface area contributed by atoms with Gasteiger partial charge in [-0.3, -0.25) is 0 Å². The second-order valence-corrected chi connectivity index (χ2v) is 4.89. The number of rotatable bonds is 6. The van der Waals surface area contributed by atoms with Gasteiger partial charge in [-0.15, -0.1) is 0 Å². The van der Waals surface area contributed by atoms with E-state index in [1.165, 1.54) is 6.07 Å². The molecular formula is C16H17ClFNO2. The lowest BCUT2D eigenvalue weighted by atomic mass is 10.1. The average Bonchev–Trinajstić information content (AvgIpc) is 2.50. The van der Waals surface area contributed by atoms with Crippen molar-refractivity contribution in [1.82, 2.24) is 0 Å². The zero-order valence-electron chi connectivity index (χ0n) is 11.7. The van der Waals surface area contributed by atoms with Gasteiger partial charge in [-0.2, -0.15) is 0 Å². The minimum absolute atomic E-state index is 0.0840. The van der Waals surface area contributed by atoms with Crippen molar-refractivity contribution in [3.05, 3.63) is 58.4 Å². The Balaban J connectivity index is 2.20. The van der Waals surface area contributed by atoms with Crippen LogP contribution in [0.15, 0.2) is 36.4 Å². The molecule has 0 aromatic heterocycles. The molecule has 0 unspecified atom stereocenters. The van der Waals surface area contributed by atoms with Crippen LogP contribution in [0.25, 0.3) is 0 Å². The minimum atomic E-state index is -0.453. The van der Waals surface area contributed by atoms with Crippen LogP contribution in [0, 0.1) is 5.82 Å². The van der Waals surface area contributed by atoms with Crippen molar-refractivity contribution in [2.75, 3.05) is 13.7 Å². The van der Waals surface area contributed by atoms with Gasteiger partial charge < -0.3 is 15.2 Å². The molecule has 0 bridgehead atoms. The molecule has 2 N–H and O–H groups in total. The highest BCUT2D eigenvalue weighted by atomic mass is 35.5. The van der Waals surface area contributed by atoms with Gasteiger partial charge in [0.05, 0.1) is 12.1 Å². The normalized spacial score (nSPS) is 10.5. The van der Waals surface area contributed by atoms with Gasteiger partial charge in [0.2, 0.25) is 0 Å². The highest BCUT2D eigenvalue weighted by Gasteiger charge is 2.09. The van der Waals surface area contributed by atoms with E-state index < -0.39 is 5.82 Å². The first kappa shape index (κ1) is 15.6. The highest BCUT2D eigenvalue weighted by Crippen LogP contribution is 2.27. The third-order valence-electron chi connectivity index (χ3n) is 3.10. The summed E-state index contributed by atoms with van der Waals surface area (Å²) in [6, 6.07) is 10.2. The van der Waals surface area contributed by atoms with Crippen LogP contribution in [0.3, 0.4) is 0 Å². The summed E-state index contributed by atoms with van der Waals surface area (Å²) in [5.41, 5.74) is 7.17. The summed E-state index contributed by atoms with van der Waals surface area (Å²) < 4.78 is 24.4. The molecule has 2 rings (SSSR count). The number of ether oxygens (including phenoxy) is 2. The summed E-state index contributed by atoms with van der Waals surface area (Å²) in [4.78, 5) is 0. The number of nitrogens with two attached hydrogens (primary N) is 1. The molecule has 112 valence electrons. The van der Waals surface area contributed by atoms with Gasteiger partial charge >= 0.3 is 0 Å². The zero-order valence-corrected chi connectivity index (χ0v) is 12.5. The Morgan fingerprint density at radius 2 is 2.00 bits per heavy atom. The van der Waals surface area contributed by atoms with E-state index in [0.29, 0.717) is 30.0 Å². The van der Waals surface area contributed by atoms with E-state index in [4.69, 9.17) is 26.8 Å². The molecule has 3 nitrogen and oxygen atoms in total. The van der Waals surface area contributed by atoms with Crippen molar-refractivity contribution >= 4 is 11.6 Å². The second-order valence-electron chi connectivity index (χ2n) is 4.51. The molecule has 2 aromatic carbocycles. The highest BCUT2D eigenvalue weighted by molar-refractivity contribution is 6.31. The van der Waals surface area contributed by atoms with E-state index in [2.05, 4.69) is 0 Å². The predicted molar refractivity (Wildman–Crippen MR) is 81.5 cm³/mol. The summed E-state index contributed by atoms with van der Waals surface area (Å²) >= 11 is 5.92. The topological polar surface area (TPSA) is 44.5 Å². The first-order valence-corrected chi connectivity index (χ1v) is 6.96. The molecule has 0 aliphatic carbocycles. The fraction of sp³-hybridized carbons (Fsp3) is 0.250. The van der Waals surface area contributed by atoms with Crippen LogP contribution in [0.5, 0.6) is 11.5 Å². The van der Waals surface area contributed by atoms with Crippen molar-refractivity contribution < 1.29 is 13.9 Å². The van der Waals surface area contributed by atoms with E-state index in [1.807, 2.05) is 12.1 Å². The van der Waals surface area contributed by atoms with Crippen LogP contribution in [0.2, 0.25) is 5.02 Å².